The molecule has 1 heteroatoms. The van der Waals surface area contributed by atoms with Crippen LogP contribution in [0.25, 0.3) is 0 Å². The molecule has 1 saturated heterocycles. The van der Waals surface area contributed by atoms with Crippen LogP contribution in [0.1, 0.15) is 26.7 Å². The van der Waals surface area contributed by atoms with E-state index in [0.717, 1.165) is 13.0 Å². The number of nitrogens with one attached hydrogen (secondary N) is 1. The van der Waals surface area contributed by atoms with Crippen molar-refractivity contribution in [1.82, 2.24) is 5.32 Å². The smallest absolute Gasteiger partial charge is 0.0687 e. The van der Waals surface area contributed by atoms with E-state index in [1.165, 1.54) is 6.42 Å². The van der Waals surface area contributed by atoms with Gasteiger partial charge in [0.15, 0.2) is 0 Å². The van der Waals surface area contributed by atoms with Crippen LogP contribution in [-0.4, -0.2) is 12.6 Å². The van der Waals surface area contributed by atoms with Crippen molar-refractivity contribution in [3.05, 3.63) is 0 Å². The quantitative estimate of drug-likeness (QED) is 0.482. The van der Waals surface area contributed by atoms with Crippen molar-refractivity contribution in [1.29, 1.82) is 0 Å². The highest BCUT2D eigenvalue weighted by molar-refractivity contribution is 5.00. The van der Waals surface area contributed by atoms with Crippen molar-refractivity contribution in [2.24, 2.45) is 0 Å². The van der Waals surface area contributed by atoms with Gasteiger partial charge in [0.1, 0.15) is 0 Å². The van der Waals surface area contributed by atoms with E-state index < -0.39 is 0 Å². The molecule has 1 heterocycles. The second-order valence-electron chi connectivity index (χ2n) is 1.82. The lowest BCUT2D eigenvalue weighted by Crippen LogP contribution is -2.18. The van der Waals surface area contributed by atoms with Gasteiger partial charge < -0.3 is 5.32 Å². The maximum absolute atomic E-state index is 5.12. The lowest BCUT2D eigenvalue weighted by atomic mass is 10.2. The fourth-order valence-corrected chi connectivity index (χ4v) is 0.827. The van der Waals surface area contributed by atoms with Crippen LogP contribution in [0.3, 0.4) is 0 Å². The summed E-state index contributed by atoms with van der Waals surface area (Å²) < 4.78 is 0. The topological polar surface area (TPSA) is 12.0 Å². The van der Waals surface area contributed by atoms with E-state index in [1.54, 1.807) is 0 Å². The first-order valence-corrected chi connectivity index (χ1v) is 3.63. The van der Waals surface area contributed by atoms with Gasteiger partial charge in [-0.15, -0.1) is 6.42 Å². The summed E-state index contributed by atoms with van der Waals surface area (Å²) in [5.41, 5.74) is 0. The lowest BCUT2D eigenvalue weighted by Gasteiger charge is -1.94. The Labute approximate surface area is 57.8 Å². The Balaban J connectivity index is 0.000000291. The first-order chi connectivity index (χ1) is 4.43. The zero-order chi connectivity index (χ0) is 7.11. The van der Waals surface area contributed by atoms with Crippen LogP contribution in [-0.2, 0) is 0 Å². The molecular weight excluding hydrogens is 110 g/mol. The van der Waals surface area contributed by atoms with E-state index in [2.05, 4.69) is 11.2 Å². The molecule has 1 aliphatic heterocycles. The SMILES string of the molecule is C#CC1CCCN1.CC. The van der Waals surface area contributed by atoms with Gasteiger partial charge in [-0.05, 0) is 19.4 Å². The molecular formula is C8H15N. The second-order valence-corrected chi connectivity index (χ2v) is 1.82. The highest BCUT2D eigenvalue weighted by Crippen LogP contribution is 2.01. The molecule has 1 fully saturated rings. The monoisotopic (exact) mass is 125 g/mol. The van der Waals surface area contributed by atoms with Gasteiger partial charge in [0.25, 0.3) is 0 Å². The van der Waals surface area contributed by atoms with E-state index in [1.807, 2.05) is 13.8 Å². The van der Waals surface area contributed by atoms with Gasteiger partial charge in [-0.1, -0.05) is 19.8 Å². The van der Waals surface area contributed by atoms with Crippen LogP contribution < -0.4 is 5.32 Å². The minimum Gasteiger partial charge on any atom is -0.304 e. The van der Waals surface area contributed by atoms with Crippen molar-refractivity contribution in [2.45, 2.75) is 32.7 Å². The standard InChI is InChI=1S/C6H9N.C2H6/c1-2-6-4-3-5-7-6;1-2/h1,6-7H,3-5H2;1-2H3. The summed E-state index contributed by atoms with van der Waals surface area (Å²) in [6, 6.07) is 0.375. The third kappa shape index (κ3) is 3.16. The Bertz CT molecular complexity index is 85.2. The van der Waals surface area contributed by atoms with Gasteiger partial charge in [-0.25, -0.2) is 0 Å². The van der Waals surface area contributed by atoms with Crippen LogP contribution in [0.5, 0.6) is 0 Å². The fourth-order valence-electron chi connectivity index (χ4n) is 0.827. The summed E-state index contributed by atoms with van der Waals surface area (Å²) in [5, 5.41) is 3.17. The molecule has 1 unspecified atom stereocenters. The minimum absolute atomic E-state index is 0.375. The average Bonchev–Trinajstić information content (AvgIpc) is 2.43. The zero-order valence-electron chi connectivity index (χ0n) is 6.28. The van der Waals surface area contributed by atoms with E-state index in [0.29, 0.717) is 6.04 Å². The molecule has 1 atom stereocenters. The summed E-state index contributed by atoms with van der Waals surface area (Å²) in [7, 11) is 0. The maximum atomic E-state index is 5.12. The summed E-state index contributed by atoms with van der Waals surface area (Å²) in [4.78, 5) is 0. The predicted octanol–water partition coefficient (Wildman–Crippen LogP) is 1.40. The van der Waals surface area contributed by atoms with Gasteiger partial charge >= 0.3 is 0 Å². The van der Waals surface area contributed by atoms with Crippen LogP contribution in [0, 0.1) is 12.3 Å². The van der Waals surface area contributed by atoms with Crippen LogP contribution in [0.15, 0.2) is 0 Å². The molecule has 9 heavy (non-hydrogen) atoms. The molecule has 1 rings (SSSR count). The first kappa shape index (κ1) is 8.52. The third-order valence-electron chi connectivity index (χ3n) is 1.26. The highest BCUT2D eigenvalue weighted by atomic mass is 14.9. The largest absolute Gasteiger partial charge is 0.304 e. The number of hydrogen-bond acceptors (Lipinski definition) is 1. The van der Waals surface area contributed by atoms with Gasteiger partial charge in [-0.2, -0.15) is 0 Å². The maximum Gasteiger partial charge on any atom is 0.0687 e. The molecule has 0 amide bonds. The molecule has 0 aromatic rings. The molecule has 0 spiro atoms. The normalized spacial score (nSPS) is 23.9. The summed E-state index contributed by atoms with van der Waals surface area (Å²) in [6.45, 7) is 5.11. The predicted molar refractivity (Wildman–Crippen MR) is 41.2 cm³/mol. The van der Waals surface area contributed by atoms with Gasteiger partial charge in [0.2, 0.25) is 0 Å². The lowest BCUT2D eigenvalue weighted by molar-refractivity contribution is 0.749. The molecule has 52 valence electrons. The Morgan fingerprint density at radius 2 is 2.22 bits per heavy atom. The summed E-state index contributed by atoms with van der Waals surface area (Å²) in [5.74, 6) is 2.65. The number of rotatable bonds is 0. The molecule has 0 saturated carbocycles. The van der Waals surface area contributed by atoms with Crippen molar-refractivity contribution < 1.29 is 0 Å². The van der Waals surface area contributed by atoms with Crippen LogP contribution in [0.4, 0.5) is 0 Å². The van der Waals surface area contributed by atoms with Gasteiger partial charge in [0, 0.05) is 0 Å². The highest BCUT2D eigenvalue weighted by Gasteiger charge is 2.08. The summed E-state index contributed by atoms with van der Waals surface area (Å²) in [6.07, 6.45) is 7.53. The Morgan fingerprint density at radius 3 is 2.44 bits per heavy atom. The van der Waals surface area contributed by atoms with Crippen LogP contribution in [0.2, 0.25) is 0 Å². The van der Waals surface area contributed by atoms with E-state index in [9.17, 15) is 0 Å². The molecule has 0 radical (unpaired) electrons. The fraction of sp³-hybridized carbons (Fsp3) is 0.750. The van der Waals surface area contributed by atoms with Crippen LogP contribution >= 0.6 is 0 Å². The Hall–Kier alpha value is -0.480. The molecule has 0 aliphatic carbocycles. The van der Waals surface area contributed by atoms with E-state index in [-0.39, 0.29) is 0 Å². The van der Waals surface area contributed by atoms with Gasteiger partial charge in [0.05, 0.1) is 6.04 Å². The van der Waals surface area contributed by atoms with Crippen molar-refractivity contribution in [3.63, 3.8) is 0 Å². The van der Waals surface area contributed by atoms with Crippen molar-refractivity contribution >= 4 is 0 Å². The van der Waals surface area contributed by atoms with E-state index >= 15 is 0 Å². The second kappa shape index (κ2) is 5.65. The average molecular weight is 125 g/mol. The minimum atomic E-state index is 0.375. The summed E-state index contributed by atoms with van der Waals surface area (Å²) >= 11 is 0. The van der Waals surface area contributed by atoms with Gasteiger partial charge in [-0.3, -0.25) is 0 Å². The number of hydrogen-bond donors (Lipinski definition) is 1. The molecule has 1 aliphatic rings. The molecule has 0 aromatic carbocycles. The molecule has 1 nitrogen and oxygen atoms in total. The third-order valence-corrected chi connectivity index (χ3v) is 1.26. The van der Waals surface area contributed by atoms with Crippen molar-refractivity contribution in [2.75, 3.05) is 6.54 Å². The Morgan fingerprint density at radius 1 is 1.56 bits per heavy atom. The number of terminal acetylenes is 1. The van der Waals surface area contributed by atoms with Crippen molar-refractivity contribution in [3.8, 4) is 12.3 Å². The molecule has 0 bridgehead atoms. The van der Waals surface area contributed by atoms with E-state index in [4.69, 9.17) is 6.42 Å². The molecule has 0 aromatic heterocycles. The Kier molecular flexibility index (Phi) is 5.35. The first-order valence-electron chi connectivity index (χ1n) is 3.63. The molecule has 1 N–H and O–H groups in total. The zero-order valence-corrected chi connectivity index (χ0v) is 6.28.